The van der Waals surface area contributed by atoms with Gasteiger partial charge in [0.1, 0.15) is 0 Å². The first-order valence-electron chi connectivity index (χ1n) is 10.0. The lowest BCUT2D eigenvalue weighted by molar-refractivity contribution is 0.676. The number of guanidine groups is 1. The number of hydrogen-bond acceptors (Lipinski definition) is 5. The molecule has 0 atom stereocenters. The number of anilines is 1. The largest absolute Gasteiger partial charge is 0.357 e. The van der Waals surface area contributed by atoms with Crippen molar-refractivity contribution in [2.45, 2.75) is 25.8 Å². The van der Waals surface area contributed by atoms with E-state index in [1.54, 1.807) is 18.7 Å². The highest BCUT2D eigenvalue weighted by Gasteiger charge is 2.10. The van der Waals surface area contributed by atoms with Crippen molar-refractivity contribution in [3.63, 3.8) is 0 Å². The lowest BCUT2D eigenvalue weighted by atomic mass is 10.2. The van der Waals surface area contributed by atoms with Gasteiger partial charge in [0.05, 0.1) is 12.0 Å². The smallest absolute Gasteiger partial charge is 0.225 e. The average Bonchev–Trinajstić information content (AvgIpc) is 3.29. The second kappa shape index (κ2) is 11.9. The average molecular weight is 471 g/mol. The quantitative estimate of drug-likeness (QED) is 0.195. The summed E-state index contributed by atoms with van der Waals surface area (Å²) in [5, 5.41) is 14.2. The summed E-state index contributed by atoms with van der Waals surface area (Å²) in [6, 6.07) is 10.1. The monoisotopic (exact) mass is 470 g/mol. The maximum Gasteiger partial charge on any atom is 0.225 e. The Morgan fingerprint density at radius 3 is 2.47 bits per heavy atom. The van der Waals surface area contributed by atoms with Crippen molar-refractivity contribution in [2.75, 3.05) is 24.5 Å². The minimum absolute atomic E-state index is 0.354. The lowest BCUT2D eigenvalue weighted by Gasteiger charge is -2.23. The van der Waals surface area contributed by atoms with Crippen molar-refractivity contribution in [3.05, 3.63) is 71.0 Å². The Kier molecular flexibility index (Phi) is 8.64. The minimum Gasteiger partial charge on any atom is -0.357 e. The van der Waals surface area contributed by atoms with E-state index in [-0.39, 0.29) is 0 Å². The number of rotatable bonds is 11. The molecule has 0 saturated heterocycles. The summed E-state index contributed by atoms with van der Waals surface area (Å²) in [7, 11) is 0. The zero-order valence-corrected chi connectivity index (χ0v) is 18.4. The predicted molar refractivity (Wildman–Crippen MR) is 122 cm³/mol. The molecular weight excluding hydrogens is 444 g/mol. The van der Waals surface area contributed by atoms with E-state index in [0.29, 0.717) is 18.5 Å². The van der Waals surface area contributed by atoms with E-state index in [4.69, 9.17) is 5.41 Å². The van der Waals surface area contributed by atoms with E-state index in [1.165, 1.54) is 5.56 Å². The number of aromatic nitrogens is 4. The first kappa shape index (κ1) is 21.8. The van der Waals surface area contributed by atoms with Crippen LogP contribution in [0, 0.1) is 5.41 Å². The van der Waals surface area contributed by atoms with Gasteiger partial charge in [0, 0.05) is 49.2 Å². The van der Waals surface area contributed by atoms with Crippen molar-refractivity contribution in [2.24, 2.45) is 0 Å². The van der Waals surface area contributed by atoms with Crippen LogP contribution in [0.2, 0.25) is 0 Å². The molecule has 0 aliphatic rings. The zero-order valence-electron chi connectivity index (χ0n) is 16.8. The number of nitrogens with zero attached hydrogens (tertiary/aromatic N) is 4. The molecule has 4 N–H and O–H groups in total. The fraction of sp³-hybridized carbons (Fsp3) is 0.333. The molecule has 0 aliphatic carbocycles. The van der Waals surface area contributed by atoms with Gasteiger partial charge in [-0.2, -0.15) is 0 Å². The van der Waals surface area contributed by atoms with Gasteiger partial charge in [0.2, 0.25) is 5.95 Å². The molecule has 158 valence electrons. The van der Waals surface area contributed by atoms with Crippen LogP contribution in [0.15, 0.2) is 59.7 Å². The number of aryl methyl sites for hydroxylation is 1. The Morgan fingerprint density at radius 1 is 1.03 bits per heavy atom. The second-order valence-corrected chi connectivity index (χ2v) is 7.76. The van der Waals surface area contributed by atoms with Crippen LogP contribution in [0.5, 0.6) is 0 Å². The van der Waals surface area contributed by atoms with E-state index in [9.17, 15) is 0 Å². The Morgan fingerprint density at radius 2 is 1.77 bits per heavy atom. The first-order chi connectivity index (χ1) is 14.7. The van der Waals surface area contributed by atoms with Crippen LogP contribution in [-0.2, 0) is 13.0 Å². The molecule has 0 radical (unpaired) electrons. The predicted octanol–water partition coefficient (Wildman–Crippen LogP) is 3.11. The summed E-state index contributed by atoms with van der Waals surface area (Å²) in [6.45, 7) is 2.97. The van der Waals surface area contributed by atoms with Gasteiger partial charge < -0.3 is 20.5 Å². The Balaban J connectivity index is 1.39. The molecule has 0 unspecified atom stereocenters. The maximum absolute atomic E-state index is 8.00. The highest BCUT2D eigenvalue weighted by Crippen LogP contribution is 2.15. The Bertz CT molecular complexity index is 868. The minimum atomic E-state index is 0.354. The van der Waals surface area contributed by atoms with Crippen molar-refractivity contribution in [1.82, 2.24) is 30.6 Å². The van der Waals surface area contributed by atoms with Crippen LogP contribution >= 0.6 is 15.9 Å². The first-order valence-corrected chi connectivity index (χ1v) is 10.8. The molecule has 0 aliphatic heterocycles. The summed E-state index contributed by atoms with van der Waals surface area (Å²) < 4.78 is 1.06. The van der Waals surface area contributed by atoms with E-state index < -0.39 is 0 Å². The molecule has 9 heteroatoms. The van der Waals surface area contributed by atoms with Crippen molar-refractivity contribution in [3.8, 4) is 0 Å². The third-order valence-electron chi connectivity index (χ3n) is 4.49. The van der Waals surface area contributed by atoms with E-state index >= 15 is 0 Å². The number of benzene rings is 1. The van der Waals surface area contributed by atoms with Crippen molar-refractivity contribution in [1.29, 1.82) is 5.41 Å². The molecule has 2 heterocycles. The fourth-order valence-corrected chi connectivity index (χ4v) is 3.24. The molecule has 3 rings (SSSR count). The second-order valence-electron chi connectivity index (χ2n) is 6.84. The number of halogens is 1. The van der Waals surface area contributed by atoms with Crippen LogP contribution < -0.4 is 15.5 Å². The molecule has 2 aromatic heterocycles. The number of hydrogen-bond donors (Lipinski definition) is 4. The number of H-pyrrole nitrogens is 1. The summed E-state index contributed by atoms with van der Waals surface area (Å²) in [5.74, 6) is 1.07. The van der Waals surface area contributed by atoms with Gasteiger partial charge in [-0.3, -0.25) is 5.41 Å². The SMILES string of the molecule is N=C(NCCCc1c[nH]cn1)NCCCN(Cc1ccc(Br)cc1)c1ncccn1. The summed E-state index contributed by atoms with van der Waals surface area (Å²) >= 11 is 3.48. The van der Waals surface area contributed by atoms with Gasteiger partial charge in [-0.1, -0.05) is 28.1 Å². The van der Waals surface area contributed by atoms with Gasteiger partial charge in [-0.15, -0.1) is 0 Å². The van der Waals surface area contributed by atoms with Gasteiger partial charge in [0.25, 0.3) is 0 Å². The third kappa shape index (κ3) is 7.47. The van der Waals surface area contributed by atoms with Crippen LogP contribution in [-0.4, -0.2) is 45.5 Å². The highest BCUT2D eigenvalue weighted by atomic mass is 79.9. The molecule has 0 spiro atoms. The Hall–Kier alpha value is -2.94. The van der Waals surface area contributed by atoms with E-state index in [0.717, 1.165) is 49.1 Å². The number of imidazole rings is 1. The lowest BCUT2D eigenvalue weighted by Crippen LogP contribution is -2.38. The standard InChI is InChI=1S/C21H27BrN8/c22-18-7-5-17(6-8-18)15-30(21-27-10-2-11-28-21)13-3-12-26-20(23)25-9-1-4-19-14-24-16-29-19/h2,5-8,10-11,14,16H,1,3-4,9,12-13,15H2,(H,24,29)(H3,23,25,26). The molecule has 0 bridgehead atoms. The highest BCUT2D eigenvalue weighted by molar-refractivity contribution is 9.10. The summed E-state index contributed by atoms with van der Waals surface area (Å²) in [5.41, 5.74) is 2.25. The molecule has 30 heavy (non-hydrogen) atoms. The van der Waals surface area contributed by atoms with Gasteiger partial charge in [0.15, 0.2) is 5.96 Å². The molecule has 1 aromatic carbocycles. The van der Waals surface area contributed by atoms with Crippen LogP contribution in [0.25, 0.3) is 0 Å². The van der Waals surface area contributed by atoms with Gasteiger partial charge in [-0.25, -0.2) is 15.0 Å². The molecule has 0 saturated carbocycles. The molecule has 8 nitrogen and oxygen atoms in total. The topological polar surface area (TPSA) is 106 Å². The molecular formula is C21H27BrN8. The number of aromatic amines is 1. The van der Waals surface area contributed by atoms with Crippen molar-refractivity contribution >= 4 is 27.8 Å². The van der Waals surface area contributed by atoms with Gasteiger partial charge in [-0.05, 0) is 43.0 Å². The van der Waals surface area contributed by atoms with Crippen LogP contribution in [0.3, 0.4) is 0 Å². The van der Waals surface area contributed by atoms with E-state index in [1.807, 2.05) is 24.4 Å². The van der Waals surface area contributed by atoms with Crippen molar-refractivity contribution < 1.29 is 0 Å². The molecule has 0 amide bonds. The Labute approximate surface area is 185 Å². The van der Waals surface area contributed by atoms with E-state index in [2.05, 4.69) is 63.5 Å². The normalized spacial score (nSPS) is 10.6. The molecule has 3 aromatic rings. The number of nitrogens with one attached hydrogen (secondary N) is 4. The fourth-order valence-electron chi connectivity index (χ4n) is 2.97. The summed E-state index contributed by atoms with van der Waals surface area (Å²) in [4.78, 5) is 18.1. The van der Waals surface area contributed by atoms with Crippen LogP contribution in [0.1, 0.15) is 24.1 Å². The third-order valence-corrected chi connectivity index (χ3v) is 5.02. The summed E-state index contributed by atoms with van der Waals surface area (Å²) in [6.07, 6.45) is 9.81. The van der Waals surface area contributed by atoms with Crippen LogP contribution in [0.4, 0.5) is 5.95 Å². The molecule has 0 fully saturated rings. The van der Waals surface area contributed by atoms with Gasteiger partial charge >= 0.3 is 0 Å². The maximum atomic E-state index is 8.00. The zero-order chi connectivity index (χ0) is 21.0.